The first kappa shape index (κ1) is 36.9. The summed E-state index contributed by atoms with van der Waals surface area (Å²) >= 11 is 1.98. The molecule has 0 saturated heterocycles. The minimum Gasteiger partial charge on any atom is -0.340 e. The molecule has 0 bridgehead atoms. The SMILES string of the molecule is C=Cc1cc(-c2ccc3cc(-c4sc5cc(C(=C)CC(C)CNCC(C)CC)cc(CC)c5c4C)n(CC4CC4)c3c2)ccc1CC.CC. The standard InChI is InChI=1S/C44H54N2S.C2H6/c1-9-28(5)25-45-26-29(6)19-30(7)39-21-35(12-4)43-31(8)44(47-42(43)24-39)41-23-38-18-17-37(22-40(38)46(41)27-32-13-14-32)36-16-15-33(10-2)34(11-3)20-36;1-2/h11,15-18,20-24,28-29,32,45H,3,7,9-10,12-14,19,25-27H2,1-2,4-6,8H3;1-2H3. The van der Waals surface area contributed by atoms with Crippen molar-refractivity contribution in [3.63, 3.8) is 0 Å². The molecule has 0 aliphatic heterocycles. The zero-order valence-electron chi connectivity index (χ0n) is 31.6. The maximum absolute atomic E-state index is 4.60. The van der Waals surface area contributed by atoms with Crippen LogP contribution in [0.5, 0.6) is 0 Å². The molecular formula is C46H60N2S. The predicted octanol–water partition coefficient (Wildman–Crippen LogP) is 13.4. The highest BCUT2D eigenvalue weighted by atomic mass is 32.1. The topological polar surface area (TPSA) is 17.0 Å². The largest absolute Gasteiger partial charge is 0.340 e. The fraction of sp³-hybridized carbons (Fsp3) is 0.435. The predicted molar refractivity (Wildman–Crippen MR) is 221 cm³/mol. The summed E-state index contributed by atoms with van der Waals surface area (Å²) in [4.78, 5) is 1.42. The zero-order valence-corrected chi connectivity index (χ0v) is 32.5. The van der Waals surface area contributed by atoms with Crippen molar-refractivity contribution in [3.05, 3.63) is 95.6 Å². The average Bonchev–Trinajstić information content (AvgIpc) is 3.80. The highest BCUT2D eigenvalue weighted by Crippen LogP contribution is 2.45. The van der Waals surface area contributed by atoms with Crippen molar-refractivity contribution in [2.24, 2.45) is 17.8 Å². The number of nitrogens with one attached hydrogen (secondary N) is 1. The summed E-state index contributed by atoms with van der Waals surface area (Å²) in [5, 5.41) is 6.46. The van der Waals surface area contributed by atoms with E-state index in [0.29, 0.717) is 5.92 Å². The second kappa shape index (κ2) is 16.5. The molecule has 6 rings (SSSR count). The molecule has 1 aliphatic rings. The smallest absolute Gasteiger partial charge is 0.0596 e. The fourth-order valence-electron chi connectivity index (χ4n) is 7.20. The van der Waals surface area contributed by atoms with Crippen LogP contribution in [0.15, 0.2) is 67.8 Å². The zero-order chi connectivity index (χ0) is 35.2. The van der Waals surface area contributed by atoms with Gasteiger partial charge in [0.1, 0.15) is 0 Å². The van der Waals surface area contributed by atoms with Crippen LogP contribution in [0.2, 0.25) is 0 Å². The minimum atomic E-state index is 0.559. The van der Waals surface area contributed by atoms with Gasteiger partial charge in [0, 0.05) is 22.1 Å². The lowest BCUT2D eigenvalue weighted by Gasteiger charge is -2.17. The molecule has 3 aromatic carbocycles. The summed E-state index contributed by atoms with van der Waals surface area (Å²) in [5.41, 5.74) is 13.3. The summed E-state index contributed by atoms with van der Waals surface area (Å²) < 4.78 is 4.04. The normalized spacial score (nSPS) is 14.1. The molecule has 0 amide bonds. The molecule has 2 atom stereocenters. The number of benzene rings is 3. The van der Waals surface area contributed by atoms with Gasteiger partial charge < -0.3 is 9.88 Å². The first-order valence-electron chi connectivity index (χ1n) is 19.1. The third kappa shape index (κ3) is 8.16. The minimum absolute atomic E-state index is 0.559. The summed E-state index contributed by atoms with van der Waals surface area (Å²) in [5.74, 6) is 2.07. The monoisotopic (exact) mass is 672 g/mol. The number of aryl methyl sites for hydroxylation is 3. The van der Waals surface area contributed by atoms with E-state index in [9.17, 15) is 0 Å². The Bertz CT molecular complexity index is 1910. The van der Waals surface area contributed by atoms with Crippen LogP contribution in [0.4, 0.5) is 0 Å². The van der Waals surface area contributed by atoms with Crippen LogP contribution in [0.1, 0.15) is 102 Å². The molecule has 2 nitrogen and oxygen atoms in total. The maximum atomic E-state index is 4.60. The van der Waals surface area contributed by atoms with Crippen LogP contribution in [0, 0.1) is 24.7 Å². The molecule has 2 unspecified atom stereocenters. The molecule has 260 valence electrons. The summed E-state index contributed by atoms with van der Waals surface area (Å²) in [6.07, 6.45) is 8.96. The van der Waals surface area contributed by atoms with Gasteiger partial charge in [0.25, 0.3) is 0 Å². The Morgan fingerprint density at radius 1 is 0.918 bits per heavy atom. The Morgan fingerprint density at radius 2 is 1.61 bits per heavy atom. The Kier molecular flexibility index (Phi) is 12.4. The molecule has 2 heterocycles. The van der Waals surface area contributed by atoms with Gasteiger partial charge in [-0.1, -0.05) is 104 Å². The van der Waals surface area contributed by atoms with Gasteiger partial charge in [-0.2, -0.15) is 0 Å². The first-order valence-corrected chi connectivity index (χ1v) is 19.9. The van der Waals surface area contributed by atoms with E-state index in [2.05, 4.69) is 119 Å². The van der Waals surface area contributed by atoms with Crippen molar-refractivity contribution in [2.75, 3.05) is 13.1 Å². The van der Waals surface area contributed by atoms with Crippen LogP contribution in [0.3, 0.4) is 0 Å². The molecule has 0 radical (unpaired) electrons. The van der Waals surface area contributed by atoms with Crippen LogP contribution in [-0.4, -0.2) is 17.7 Å². The van der Waals surface area contributed by atoms with E-state index in [1.165, 1.54) is 95.3 Å². The summed E-state index contributed by atoms with van der Waals surface area (Å²) in [7, 11) is 0. The fourth-order valence-corrected chi connectivity index (χ4v) is 8.52. The molecule has 5 aromatic rings. The molecule has 1 saturated carbocycles. The maximum Gasteiger partial charge on any atom is 0.0596 e. The number of aromatic nitrogens is 1. The van der Waals surface area contributed by atoms with Crippen LogP contribution >= 0.6 is 11.3 Å². The highest BCUT2D eigenvalue weighted by molar-refractivity contribution is 7.22. The Morgan fingerprint density at radius 3 is 2.29 bits per heavy atom. The van der Waals surface area contributed by atoms with E-state index in [4.69, 9.17) is 0 Å². The van der Waals surface area contributed by atoms with Gasteiger partial charge in [-0.05, 0) is 144 Å². The van der Waals surface area contributed by atoms with E-state index in [0.717, 1.165) is 50.7 Å². The molecule has 2 aromatic heterocycles. The van der Waals surface area contributed by atoms with E-state index >= 15 is 0 Å². The van der Waals surface area contributed by atoms with E-state index in [1.54, 1.807) is 0 Å². The van der Waals surface area contributed by atoms with Crippen molar-refractivity contribution in [3.8, 4) is 21.7 Å². The number of hydrogen-bond acceptors (Lipinski definition) is 2. The number of rotatable bonds is 15. The Hall–Kier alpha value is -3.40. The number of allylic oxidation sites excluding steroid dienone is 1. The van der Waals surface area contributed by atoms with Crippen LogP contribution < -0.4 is 5.32 Å². The van der Waals surface area contributed by atoms with Crippen LogP contribution in [0.25, 0.3) is 54.3 Å². The lowest BCUT2D eigenvalue weighted by Crippen LogP contribution is -2.26. The molecule has 49 heavy (non-hydrogen) atoms. The first-order chi connectivity index (χ1) is 23.7. The van der Waals surface area contributed by atoms with Gasteiger partial charge >= 0.3 is 0 Å². The molecule has 0 spiro atoms. The number of fused-ring (bicyclic) bond motifs is 2. The van der Waals surface area contributed by atoms with Gasteiger partial charge in [0.05, 0.1) is 10.6 Å². The molecule has 1 fully saturated rings. The van der Waals surface area contributed by atoms with Crippen molar-refractivity contribution in [2.45, 2.75) is 100 Å². The molecular weight excluding hydrogens is 613 g/mol. The van der Waals surface area contributed by atoms with Gasteiger partial charge in [-0.15, -0.1) is 11.3 Å². The highest BCUT2D eigenvalue weighted by Gasteiger charge is 2.26. The van der Waals surface area contributed by atoms with Crippen molar-refractivity contribution < 1.29 is 0 Å². The third-order valence-electron chi connectivity index (χ3n) is 10.5. The van der Waals surface area contributed by atoms with Crippen LogP contribution in [-0.2, 0) is 19.4 Å². The van der Waals surface area contributed by atoms with E-state index in [1.807, 2.05) is 31.3 Å². The van der Waals surface area contributed by atoms with Crippen molar-refractivity contribution in [1.82, 2.24) is 9.88 Å². The lowest BCUT2D eigenvalue weighted by atomic mass is 9.93. The number of nitrogens with zero attached hydrogens (tertiary/aromatic N) is 1. The third-order valence-corrected chi connectivity index (χ3v) is 11.8. The summed E-state index contributed by atoms with van der Waals surface area (Å²) in [6.45, 7) is 29.7. The quantitative estimate of drug-likeness (QED) is 0.117. The Labute approximate surface area is 301 Å². The van der Waals surface area contributed by atoms with Gasteiger partial charge in [-0.3, -0.25) is 0 Å². The molecule has 1 aliphatic carbocycles. The second-order valence-electron chi connectivity index (χ2n) is 14.3. The Balaban J connectivity index is 0.00000230. The molecule has 1 N–H and O–H groups in total. The van der Waals surface area contributed by atoms with Gasteiger partial charge in [-0.25, -0.2) is 0 Å². The van der Waals surface area contributed by atoms with Gasteiger partial charge in [0.15, 0.2) is 0 Å². The molecule has 3 heteroatoms. The number of thiophene rings is 1. The van der Waals surface area contributed by atoms with E-state index < -0.39 is 0 Å². The summed E-state index contributed by atoms with van der Waals surface area (Å²) in [6, 6.07) is 21.2. The lowest BCUT2D eigenvalue weighted by molar-refractivity contribution is 0.455. The van der Waals surface area contributed by atoms with Gasteiger partial charge in [0.2, 0.25) is 0 Å². The second-order valence-corrected chi connectivity index (χ2v) is 15.4. The van der Waals surface area contributed by atoms with Crippen molar-refractivity contribution in [1.29, 1.82) is 0 Å². The number of hydrogen-bond donors (Lipinski definition) is 1. The van der Waals surface area contributed by atoms with E-state index in [-0.39, 0.29) is 0 Å². The average molecular weight is 673 g/mol. The van der Waals surface area contributed by atoms with Crippen molar-refractivity contribution >= 4 is 44.0 Å².